The van der Waals surface area contributed by atoms with Gasteiger partial charge in [-0.3, -0.25) is 0 Å². The zero-order valence-electron chi connectivity index (χ0n) is 7.43. The van der Waals surface area contributed by atoms with Gasteiger partial charge in [-0.1, -0.05) is 4.49 Å². The lowest BCUT2D eigenvalue weighted by molar-refractivity contribution is -0.0630. The van der Waals surface area contributed by atoms with Crippen LogP contribution in [0.5, 0.6) is 0 Å². The van der Waals surface area contributed by atoms with Gasteiger partial charge in [0, 0.05) is 5.38 Å². The van der Waals surface area contributed by atoms with Gasteiger partial charge in [0.25, 0.3) is 0 Å². The first-order valence-corrected chi connectivity index (χ1v) is 5.13. The van der Waals surface area contributed by atoms with Gasteiger partial charge in [-0.15, -0.1) is 5.10 Å². The van der Waals surface area contributed by atoms with Crippen molar-refractivity contribution in [1.29, 1.82) is 0 Å². The fraction of sp³-hybridized carbons (Fsp3) is 0.750. The highest BCUT2D eigenvalue weighted by Crippen LogP contribution is 2.38. The third kappa shape index (κ3) is 1.72. The smallest absolute Gasteiger partial charge is 0.104 e. The number of nitrogens with zero attached hydrogens (tertiary/aromatic N) is 2. The first kappa shape index (κ1) is 9.05. The molecule has 1 aliphatic heterocycles. The Balaban J connectivity index is 2.07. The monoisotopic (exact) mass is 200 g/mol. The van der Waals surface area contributed by atoms with Crippen LogP contribution >= 0.6 is 11.5 Å². The van der Waals surface area contributed by atoms with Gasteiger partial charge in [-0.25, -0.2) is 0 Å². The van der Waals surface area contributed by atoms with E-state index in [1.54, 1.807) is 0 Å². The van der Waals surface area contributed by atoms with E-state index in [0.29, 0.717) is 0 Å². The molecule has 0 bridgehead atoms. The molecule has 0 aromatic carbocycles. The number of rotatable bonds is 2. The van der Waals surface area contributed by atoms with Gasteiger partial charge in [-0.2, -0.15) is 0 Å². The largest absolute Gasteiger partial charge is 0.393 e. The summed E-state index contributed by atoms with van der Waals surface area (Å²) in [6.45, 7) is 1.99. The van der Waals surface area contributed by atoms with Crippen molar-refractivity contribution in [1.82, 2.24) is 9.59 Å². The summed E-state index contributed by atoms with van der Waals surface area (Å²) in [5, 5.41) is 14.9. The fourth-order valence-electron chi connectivity index (χ4n) is 1.53. The summed E-state index contributed by atoms with van der Waals surface area (Å²) in [7, 11) is 0. The molecule has 0 amide bonds. The van der Waals surface area contributed by atoms with E-state index in [1.807, 2.05) is 12.3 Å². The van der Waals surface area contributed by atoms with Crippen molar-refractivity contribution < 1.29 is 9.84 Å². The van der Waals surface area contributed by atoms with E-state index in [9.17, 15) is 0 Å². The highest BCUT2D eigenvalue weighted by atomic mass is 32.1. The van der Waals surface area contributed by atoms with Crippen LogP contribution in [0, 0.1) is 0 Å². The second-order valence-electron chi connectivity index (χ2n) is 3.58. The number of aromatic nitrogens is 2. The van der Waals surface area contributed by atoms with Crippen LogP contribution < -0.4 is 0 Å². The van der Waals surface area contributed by atoms with Crippen molar-refractivity contribution in [3.63, 3.8) is 0 Å². The molecular weight excluding hydrogens is 188 g/mol. The average molecular weight is 200 g/mol. The summed E-state index contributed by atoms with van der Waals surface area (Å²) in [6, 6.07) is 0. The van der Waals surface area contributed by atoms with Crippen LogP contribution in [0.3, 0.4) is 0 Å². The molecule has 1 fully saturated rings. The Bertz CT molecular complexity index is 278. The second kappa shape index (κ2) is 3.32. The molecule has 0 aliphatic carbocycles. The standard InChI is InChI=1S/C8H12N2O2S/c1-8(5-11)3-2-7(12-8)6-4-13-10-9-6/h4,7,11H,2-3,5H2,1H3. The van der Waals surface area contributed by atoms with E-state index < -0.39 is 0 Å². The molecule has 2 heterocycles. The number of aliphatic hydroxyl groups is 1. The first-order valence-electron chi connectivity index (χ1n) is 4.29. The zero-order valence-corrected chi connectivity index (χ0v) is 8.25. The van der Waals surface area contributed by atoms with Crippen LogP contribution in [-0.2, 0) is 4.74 Å². The molecule has 2 rings (SSSR count). The maximum Gasteiger partial charge on any atom is 0.104 e. The topological polar surface area (TPSA) is 55.2 Å². The van der Waals surface area contributed by atoms with Gasteiger partial charge in [0.15, 0.2) is 0 Å². The van der Waals surface area contributed by atoms with Crippen LogP contribution in [-0.4, -0.2) is 26.9 Å². The van der Waals surface area contributed by atoms with Gasteiger partial charge in [0.2, 0.25) is 0 Å². The molecule has 0 spiro atoms. The molecule has 2 atom stereocenters. The number of hydrogen-bond donors (Lipinski definition) is 1. The van der Waals surface area contributed by atoms with Crippen LogP contribution in [0.1, 0.15) is 31.6 Å². The summed E-state index contributed by atoms with van der Waals surface area (Å²) in [5.74, 6) is 0. The maximum atomic E-state index is 9.08. The molecule has 0 radical (unpaired) electrons. The van der Waals surface area contributed by atoms with Crippen molar-refractivity contribution in [2.45, 2.75) is 31.5 Å². The lowest BCUT2D eigenvalue weighted by atomic mass is 10.0. The Morgan fingerprint density at radius 2 is 2.69 bits per heavy atom. The van der Waals surface area contributed by atoms with Crippen LogP contribution in [0.4, 0.5) is 0 Å². The van der Waals surface area contributed by atoms with Crippen molar-refractivity contribution in [3.8, 4) is 0 Å². The molecule has 1 aromatic heterocycles. The van der Waals surface area contributed by atoms with E-state index in [1.165, 1.54) is 11.5 Å². The minimum atomic E-state index is -0.381. The number of hydrogen-bond acceptors (Lipinski definition) is 5. The van der Waals surface area contributed by atoms with Gasteiger partial charge in [-0.05, 0) is 31.3 Å². The summed E-state index contributed by atoms with van der Waals surface area (Å²) in [5.41, 5.74) is 0.510. The summed E-state index contributed by atoms with van der Waals surface area (Å²) >= 11 is 1.33. The van der Waals surface area contributed by atoms with Crippen LogP contribution in [0.2, 0.25) is 0 Å². The minimum absolute atomic E-state index is 0.0240. The third-order valence-corrected chi connectivity index (χ3v) is 2.93. The van der Waals surface area contributed by atoms with E-state index in [0.717, 1.165) is 18.5 Å². The Morgan fingerprint density at radius 3 is 3.23 bits per heavy atom. The summed E-state index contributed by atoms with van der Waals surface area (Å²) < 4.78 is 9.49. The Labute approximate surface area is 80.7 Å². The molecule has 1 N–H and O–H groups in total. The summed E-state index contributed by atoms with van der Waals surface area (Å²) in [6.07, 6.45) is 1.82. The molecule has 4 nitrogen and oxygen atoms in total. The lowest BCUT2D eigenvalue weighted by Gasteiger charge is -2.20. The van der Waals surface area contributed by atoms with E-state index in [4.69, 9.17) is 9.84 Å². The van der Waals surface area contributed by atoms with Crippen molar-refractivity contribution in [2.75, 3.05) is 6.61 Å². The molecular formula is C8H12N2O2S. The number of ether oxygens (including phenoxy) is 1. The minimum Gasteiger partial charge on any atom is -0.393 e. The summed E-state index contributed by atoms with van der Waals surface area (Å²) in [4.78, 5) is 0. The maximum absolute atomic E-state index is 9.08. The highest BCUT2D eigenvalue weighted by molar-refractivity contribution is 7.03. The molecule has 13 heavy (non-hydrogen) atoms. The SMILES string of the molecule is CC1(CO)CCC(c2csnn2)O1. The van der Waals surface area contributed by atoms with E-state index >= 15 is 0 Å². The second-order valence-corrected chi connectivity index (χ2v) is 4.19. The van der Waals surface area contributed by atoms with Crippen molar-refractivity contribution in [3.05, 3.63) is 11.1 Å². The molecule has 1 saturated heterocycles. The van der Waals surface area contributed by atoms with Gasteiger partial charge in [0.05, 0.1) is 12.2 Å². The molecule has 0 saturated carbocycles. The Morgan fingerprint density at radius 1 is 1.85 bits per heavy atom. The molecule has 72 valence electrons. The van der Waals surface area contributed by atoms with E-state index in [2.05, 4.69) is 9.59 Å². The quantitative estimate of drug-likeness (QED) is 0.777. The first-order chi connectivity index (χ1) is 6.23. The predicted octanol–water partition coefficient (Wildman–Crippen LogP) is 1.14. The van der Waals surface area contributed by atoms with Crippen molar-refractivity contribution >= 4 is 11.5 Å². The molecule has 1 aromatic rings. The Hall–Kier alpha value is -0.520. The van der Waals surface area contributed by atoms with Gasteiger partial charge < -0.3 is 9.84 Å². The van der Waals surface area contributed by atoms with Crippen LogP contribution in [0.15, 0.2) is 5.38 Å². The van der Waals surface area contributed by atoms with Gasteiger partial charge >= 0.3 is 0 Å². The molecule has 1 aliphatic rings. The predicted molar refractivity (Wildman–Crippen MR) is 48.5 cm³/mol. The van der Waals surface area contributed by atoms with E-state index in [-0.39, 0.29) is 18.3 Å². The third-order valence-electron chi connectivity index (χ3n) is 2.40. The fourth-order valence-corrected chi connectivity index (χ4v) is 2.03. The normalized spacial score (nSPS) is 33.8. The Kier molecular flexibility index (Phi) is 2.31. The average Bonchev–Trinajstić information content (AvgIpc) is 2.73. The molecule has 5 heteroatoms. The van der Waals surface area contributed by atoms with Crippen LogP contribution in [0.25, 0.3) is 0 Å². The molecule has 2 unspecified atom stereocenters. The highest BCUT2D eigenvalue weighted by Gasteiger charge is 2.37. The van der Waals surface area contributed by atoms with Crippen molar-refractivity contribution in [2.24, 2.45) is 0 Å². The zero-order chi connectivity index (χ0) is 9.31. The van der Waals surface area contributed by atoms with Gasteiger partial charge in [0.1, 0.15) is 11.8 Å². The number of aliphatic hydroxyl groups excluding tert-OH is 1. The lowest BCUT2D eigenvalue weighted by Crippen LogP contribution is -2.28.